The summed E-state index contributed by atoms with van der Waals surface area (Å²) in [6, 6.07) is 31.2. The standard InChI is InChI=1S/C32H16N8.CH4O3S.Ga/c1-2-10-18-17(9-1)25-33-26(18)38-28-21-13-5-6-14-22(21)30(35-28)40-32-24-16-8-7-15-23(24)31(36-32)39-29-20-12-4-3-11-19(20)27(34-29)37-25;1-5(2,3)4;/h1-16H;1H3,(H,2,3,4);/q-2;;+3/p-1. The van der Waals surface area contributed by atoms with E-state index in [0.717, 1.165) is 50.1 Å². The zero-order valence-electron chi connectivity index (χ0n) is 24.0. The van der Waals surface area contributed by atoms with Crippen LogP contribution in [0.15, 0.2) is 127 Å². The molecule has 0 saturated heterocycles. The number of hydrogen-bond acceptors (Lipinski definition) is 9. The Morgan fingerprint density at radius 3 is 1.28 bits per heavy atom. The molecular weight excluding hydrogens is 658 g/mol. The van der Waals surface area contributed by atoms with Gasteiger partial charge >= 0.3 is 268 Å². The summed E-state index contributed by atoms with van der Waals surface area (Å²) in [5, 5.41) is 3.14. The van der Waals surface area contributed by atoms with Crippen molar-refractivity contribution in [2.75, 3.05) is 6.26 Å². The summed E-state index contributed by atoms with van der Waals surface area (Å²) in [5.74, 6) is 2.92. The minimum atomic E-state index is -4.15. The second-order valence-corrected chi connectivity index (χ2v) is 17.7. The molecule has 0 radical (unpaired) electrons. The van der Waals surface area contributed by atoms with Gasteiger partial charge in [-0.1, -0.05) is 0 Å². The maximum absolute atomic E-state index is 13.2. The molecule has 6 aromatic rings. The van der Waals surface area contributed by atoms with Gasteiger partial charge in [0, 0.05) is 0 Å². The van der Waals surface area contributed by atoms with Gasteiger partial charge in [-0.3, -0.25) is 0 Å². The summed E-state index contributed by atoms with van der Waals surface area (Å²) in [6.07, 6.45) is 1.08. The summed E-state index contributed by atoms with van der Waals surface area (Å²) < 4.78 is 36.5. The van der Waals surface area contributed by atoms with Crippen molar-refractivity contribution in [3.63, 3.8) is 0 Å². The van der Waals surface area contributed by atoms with Gasteiger partial charge in [0.25, 0.3) is 0 Å². The van der Waals surface area contributed by atoms with Crippen LogP contribution in [0.25, 0.3) is 21.5 Å². The van der Waals surface area contributed by atoms with E-state index in [-0.39, 0.29) is 0 Å². The molecule has 10 rings (SSSR count). The summed E-state index contributed by atoms with van der Waals surface area (Å²) in [5.41, 5.74) is 4.33. The van der Waals surface area contributed by atoms with Crippen molar-refractivity contribution >= 4 is 83.7 Å². The van der Waals surface area contributed by atoms with Crippen LogP contribution in [0.3, 0.4) is 0 Å². The predicted molar refractivity (Wildman–Crippen MR) is 177 cm³/mol. The van der Waals surface area contributed by atoms with Crippen molar-refractivity contribution in [1.29, 1.82) is 0 Å². The molecule has 2 aromatic heterocycles. The van der Waals surface area contributed by atoms with E-state index in [0.29, 0.717) is 46.0 Å². The van der Waals surface area contributed by atoms with Gasteiger partial charge in [0.15, 0.2) is 0 Å². The van der Waals surface area contributed by atoms with Gasteiger partial charge in [0.2, 0.25) is 0 Å². The first-order chi connectivity index (χ1) is 22.4. The average Bonchev–Trinajstić information content (AvgIpc) is 3.76. The van der Waals surface area contributed by atoms with Gasteiger partial charge in [-0.05, 0) is 0 Å². The topological polar surface area (TPSA) is 127 Å². The zero-order chi connectivity index (χ0) is 30.7. The van der Waals surface area contributed by atoms with E-state index in [2.05, 4.69) is 0 Å². The number of aliphatic imine (C=N–C) groups is 4. The van der Waals surface area contributed by atoms with Crippen LogP contribution in [0.4, 0.5) is 11.6 Å². The number of amidine groups is 4. The average molecular weight is 677 g/mol. The molecule has 0 aliphatic carbocycles. The van der Waals surface area contributed by atoms with Crippen LogP contribution >= 0.6 is 0 Å². The molecule has 13 heteroatoms. The van der Waals surface area contributed by atoms with E-state index in [1.54, 1.807) is 0 Å². The molecule has 6 heterocycles. The fraction of sp³-hybridized carbons (Fsp3) is 0.0303. The third-order valence-electron chi connectivity index (χ3n) is 8.52. The predicted octanol–water partition coefficient (Wildman–Crippen LogP) is 3.90. The molecule has 46 heavy (non-hydrogen) atoms. The van der Waals surface area contributed by atoms with Crippen molar-refractivity contribution in [3.8, 4) is 0 Å². The number of fused-ring (bicyclic) bond motifs is 14. The second kappa shape index (κ2) is 9.17. The molecule has 0 fully saturated rings. The van der Waals surface area contributed by atoms with E-state index in [1.807, 2.05) is 104 Å². The fourth-order valence-electron chi connectivity index (χ4n) is 6.63. The molecule has 4 aliphatic heterocycles. The molecule has 0 atom stereocenters. The second-order valence-electron chi connectivity index (χ2n) is 11.3. The van der Waals surface area contributed by atoms with Gasteiger partial charge in [-0.2, -0.15) is 0 Å². The summed E-state index contributed by atoms with van der Waals surface area (Å²) >= 11 is -4.15. The third-order valence-corrected chi connectivity index (χ3v) is 16.2. The van der Waals surface area contributed by atoms with Crippen LogP contribution in [0.5, 0.6) is 0 Å². The van der Waals surface area contributed by atoms with Crippen molar-refractivity contribution in [2.45, 2.75) is 0 Å². The monoisotopic (exact) mass is 676 g/mol. The molecule has 0 unspecified atom stereocenters. The van der Waals surface area contributed by atoms with E-state index in [1.165, 1.54) is 0 Å². The van der Waals surface area contributed by atoms with Crippen molar-refractivity contribution in [2.24, 2.45) is 30.0 Å². The number of rotatable bonds is 2. The van der Waals surface area contributed by atoms with Crippen molar-refractivity contribution < 1.29 is 11.4 Å². The summed E-state index contributed by atoms with van der Waals surface area (Å²) in [4.78, 5) is 30.6. The molecule has 6 bridgehead atoms. The molecule has 0 amide bonds. The molecule has 0 spiro atoms. The first kappa shape index (κ1) is 26.0. The van der Waals surface area contributed by atoms with Crippen LogP contribution in [0.2, 0.25) is 0 Å². The van der Waals surface area contributed by atoms with Crippen LogP contribution < -0.4 is 11.0 Å². The van der Waals surface area contributed by atoms with Gasteiger partial charge in [0.05, 0.1) is 0 Å². The molecule has 0 N–H and O–H groups in total. The van der Waals surface area contributed by atoms with Gasteiger partial charge in [0.1, 0.15) is 0 Å². The van der Waals surface area contributed by atoms with Gasteiger partial charge in [-0.25, -0.2) is 0 Å². The molecule has 218 valence electrons. The number of hydrogen-bond donors (Lipinski definition) is 0. The number of aromatic nitrogens is 2. The van der Waals surface area contributed by atoms with Crippen LogP contribution in [-0.2, 0) is 13.1 Å². The molecular formula is C33H19GaN8O3S. The third kappa shape index (κ3) is 3.61. The van der Waals surface area contributed by atoms with Crippen molar-refractivity contribution in [3.05, 3.63) is 130 Å². The van der Waals surface area contributed by atoms with E-state index in [4.69, 9.17) is 32.9 Å². The Labute approximate surface area is 267 Å². The fourth-order valence-corrected chi connectivity index (χ4v) is 14.1. The maximum atomic E-state index is 13.2. The van der Waals surface area contributed by atoms with Crippen LogP contribution in [0.1, 0.15) is 22.3 Å². The van der Waals surface area contributed by atoms with E-state index >= 15 is 0 Å². The summed E-state index contributed by atoms with van der Waals surface area (Å²) in [6.45, 7) is 0. The van der Waals surface area contributed by atoms with E-state index in [9.17, 15) is 8.42 Å². The summed E-state index contributed by atoms with van der Waals surface area (Å²) in [7, 11) is -4.00. The molecule has 4 aromatic carbocycles. The zero-order valence-corrected chi connectivity index (χ0v) is 27.3. The Bertz CT molecular complexity index is 2610. The first-order valence-corrected chi connectivity index (χ1v) is 19.5. The minimum absolute atomic E-state index is 0.478. The molecule has 0 saturated carbocycles. The Hall–Kier alpha value is -5.21. The Morgan fingerprint density at radius 2 is 0.870 bits per heavy atom. The Balaban J connectivity index is 1.52. The quantitative estimate of drug-likeness (QED) is 0.258. The Morgan fingerprint density at radius 1 is 0.500 bits per heavy atom. The van der Waals surface area contributed by atoms with Crippen molar-refractivity contribution in [1.82, 2.24) is 6.55 Å². The van der Waals surface area contributed by atoms with Crippen LogP contribution in [0, 0.1) is 0 Å². The molecule has 11 nitrogen and oxygen atoms in total. The van der Waals surface area contributed by atoms with Crippen LogP contribution in [-0.4, -0.2) is 61.6 Å². The number of nitrogens with zero attached hydrogens (tertiary/aromatic N) is 8. The number of benzene rings is 4. The SMILES string of the molecule is CS(=O)(=O)[O][Ga]1[n]2c3c4ccccc4c2N=C2N=C(N=c4c5ccccc5c([n]41)=NC1=NC(=N3)c3ccccc31)c1ccccc12. The van der Waals surface area contributed by atoms with Gasteiger partial charge < -0.3 is 0 Å². The Kier molecular flexibility index (Phi) is 5.19. The van der Waals surface area contributed by atoms with Gasteiger partial charge in [-0.15, -0.1) is 0 Å². The normalized spacial score (nSPS) is 15.7. The molecule has 4 aliphatic rings. The first-order valence-electron chi connectivity index (χ1n) is 14.5. The van der Waals surface area contributed by atoms with E-state index < -0.39 is 27.2 Å².